The first-order chi connectivity index (χ1) is 12.1. The van der Waals surface area contributed by atoms with Crippen molar-refractivity contribution >= 4 is 11.9 Å². The molecular formula is C18H24N4O3. The maximum absolute atomic E-state index is 12.3. The standard InChI is InChI=1S/C18H24N4O3/c1-13-11-16(22-18(21-13)19-9-4-10-24-2)17(23)20-12-14-5-7-15(25-3)8-6-14/h5-8,11H,4,9-10,12H2,1-3H3,(H,20,23)(H,19,21,22). The minimum absolute atomic E-state index is 0.235. The number of anilines is 1. The van der Waals surface area contributed by atoms with Crippen molar-refractivity contribution in [3.05, 3.63) is 47.3 Å². The SMILES string of the molecule is COCCCNc1nc(C)cc(C(=O)NCc2ccc(OC)cc2)n1. The van der Waals surface area contributed by atoms with Gasteiger partial charge in [-0.25, -0.2) is 9.97 Å². The molecule has 0 saturated carbocycles. The number of amides is 1. The van der Waals surface area contributed by atoms with Gasteiger partial charge in [-0.1, -0.05) is 12.1 Å². The fourth-order valence-electron chi connectivity index (χ4n) is 2.20. The molecule has 0 fully saturated rings. The van der Waals surface area contributed by atoms with Gasteiger partial charge < -0.3 is 20.1 Å². The molecule has 0 aliphatic heterocycles. The van der Waals surface area contributed by atoms with Crippen molar-refractivity contribution in [3.63, 3.8) is 0 Å². The molecule has 1 heterocycles. The maximum Gasteiger partial charge on any atom is 0.270 e. The summed E-state index contributed by atoms with van der Waals surface area (Å²) >= 11 is 0. The van der Waals surface area contributed by atoms with E-state index in [1.54, 1.807) is 20.3 Å². The van der Waals surface area contributed by atoms with Crippen LogP contribution in [-0.4, -0.2) is 43.2 Å². The molecule has 2 aromatic rings. The summed E-state index contributed by atoms with van der Waals surface area (Å²) in [4.78, 5) is 20.9. The van der Waals surface area contributed by atoms with E-state index >= 15 is 0 Å². The average molecular weight is 344 g/mol. The Labute approximate surface area is 147 Å². The summed E-state index contributed by atoms with van der Waals surface area (Å²) < 4.78 is 10.1. The monoisotopic (exact) mass is 344 g/mol. The van der Waals surface area contributed by atoms with Crippen LogP contribution >= 0.6 is 0 Å². The lowest BCUT2D eigenvalue weighted by molar-refractivity contribution is 0.0945. The Kier molecular flexibility index (Phi) is 7.16. The molecule has 7 heteroatoms. The third-order valence-electron chi connectivity index (χ3n) is 3.51. The van der Waals surface area contributed by atoms with Gasteiger partial charge in [-0.05, 0) is 37.1 Å². The van der Waals surface area contributed by atoms with E-state index in [4.69, 9.17) is 9.47 Å². The Bertz CT molecular complexity index is 689. The van der Waals surface area contributed by atoms with Gasteiger partial charge in [0.25, 0.3) is 5.91 Å². The molecule has 134 valence electrons. The zero-order valence-corrected chi connectivity index (χ0v) is 14.8. The van der Waals surface area contributed by atoms with Crippen molar-refractivity contribution in [3.8, 4) is 5.75 Å². The smallest absolute Gasteiger partial charge is 0.270 e. The van der Waals surface area contributed by atoms with Gasteiger partial charge in [0.1, 0.15) is 11.4 Å². The van der Waals surface area contributed by atoms with Crippen LogP contribution in [0.4, 0.5) is 5.95 Å². The highest BCUT2D eigenvalue weighted by atomic mass is 16.5. The van der Waals surface area contributed by atoms with Crippen molar-refractivity contribution < 1.29 is 14.3 Å². The number of ether oxygens (including phenoxy) is 2. The Morgan fingerprint density at radius 3 is 2.60 bits per heavy atom. The number of methoxy groups -OCH3 is 2. The molecule has 0 aliphatic carbocycles. The molecular weight excluding hydrogens is 320 g/mol. The highest BCUT2D eigenvalue weighted by Gasteiger charge is 2.10. The van der Waals surface area contributed by atoms with Crippen molar-refractivity contribution in [2.75, 3.05) is 32.7 Å². The fraction of sp³-hybridized carbons (Fsp3) is 0.389. The zero-order chi connectivity index (χ0) is 18.1. The van der Waals surface area contributed by atoms with Crippen LogP contribution in [0.1, 0.15) is 28.2 Å². The lowest BCUT2D eigenvalue weighted by Crippen LogP contribution is -2.24. The number of benzene rings is 1. The van der Waals surface area contributed by atoms with Gasteiger partial charge in [0.15, 0.2) is 0 Å². The summed E-state index contributed by atoms with van der Waals surface area (Å²) in [5.41, 5.74) is 2.06. The van der Waals surface area contributed by atoms with Crippen LogP contribution in [-0.2, 0) is 11.3 Å². The van der Waals surface area contributed by atoms with Gasteiger partial charge in [-0.15, -0.1) is 0 Å². The van der Waals surface area contributed by atoms with Crippen LogP contribution in [0, 0.1) is 6.92 Å². The molecule has 2 N–H and O–H groups in total. The number of nitrogens with zero attached hydrogens (tertiary/aromatic N) is 2. The second kappa shape index (κ2) is 9.58. The summed E-state index contributed by atoms with van der Waals surface area (Å²) in [5, 5.41) is 5.97. The lowest BCUT2D eigenvalue weighted by Gasteiger charge is -2.09. The molecule has 7 nitrogen and oxygen atoms in total. The largest absolute Gasteiger partial charge is 0.497 e. The minimum atomic E-state index is -0.235. The van der Waals surface area contributed by atoms with Crippen LogP contribution in [0.15, 0.2) is 30.3 Å². The van der Waals surface area contributed by atoms with Crippen molar-refractivity contribution in [1.82, 2.24) is 15.3 Å². The molecule has 0 bridgehead atoms. The molecule has 0 aliphatic rings. The van der Waals surface area contributed by atoms with E-state index in [0.29, 0.717) is 31.3 Å². The predicted octanol–water partition coefficient (Wildman–Crippen LogP) is 2.17. The highest BCUT2D eigenvalue weighted by molar-refractivity contribution is 5.92. The van der Waals surface area contributed by atoms with E-state index in [-0.39, 0.29) is 5.91 Å². The number of aryl methyl sites for hydroxylation is 1. The Morgan fingerprint density at radius 2 is 1.92 bits per heavy atom. The van der Waals surface area contributed by atoms with Crippen LogP contribution in [0.3, 0.4) is 0 Å². The first-order valence-corrected chi connectivity index (χ1v) is 8.12. The van der Waals surface area contributed by atoms with Crippen molar-refractivity contribution in [2.45, 2.75) is 19.9 Å². The topological polar surface area (TPSA) is 85.4 Å². The van der Waals surface area contributed by atoms with Gasteiger partial charge in [0, 0.05) is 32.5 Å². The van der Waals surface area contributed by atoms with Crippen LogP contribution in [0.5, 0.6) is 5.75 Å². The third kappa shape index (κ3) is 6.04. The third-order valence-corrected chi connectivity index (χ3v) is 3.51. The average Bonchev–Trinajstić information content (AvgIpc) is 2.63. The van der Waals surface area contributed by atoms with E-state index in [9.17, 15) is 4.79 Å². The Balaban J connectivity index is 1.94. The summed E-state index contributed by atoms with van der Waals surface area (Å²) in [6.07, 6.45) is 0.840. The number of aromatic nitrogens is 2. The Morgan fingerprint density at radius 1 is 1.16 bits per heavy atom. The Hall–Kier alpha value is -2.67. The second-order valence-corrected chi connectivity index (χ2v) is 5.52. The first kappa shape index (κ1) is 18.7. The number of hydrogen-bond acceptors (Lipinski definition) is 6. The fourth-order valence-corrected chi connectivity index (χ4v) is 2.20. The molecule has 0 saturated heterocycles. The number of rotatable bonds is 9. The lowest BCUT2D eigenvalue weighted by atomic mass is 10.2. The van der Waals surface area contributed by atoms with Gasteiger partial charge in [0.2, 0.25) is 5.95 Å². The summed E-state index contributed by atoms with van der Waals surface area (Å²) in [6, 6.07) is 9.21. The van der Waals surface area contributed by atoms with E-state index in [2.05, 4.69) is 20.6 Å². The molecule has 0 spiro atoms. The van der Waals surface area contributed by atoms with Crippen LogP contribution < -0.4 is 15.4 Å². The second-order valence-electron chi connectivity index (χ2n) is 5.52. The number of nitrogens with one attached hydrogen (secondary N) is 2. The van der Waals surface area contributed by atoms with Gasteiger partial charge >= 0.3 is 0 Å². The predicted molar refractivity (Wildman–Crippen MR) is 95.9 cm³/mol. The van der Waals surface area contributed by atoms with Crippen molar-refractivity contribution in [2.24, 2.45) is 0 Å². The van der Waals surface area contributed by atoms with Crippen LogP contribution in [0.25, 0.3) is 0 Å². The number of carbonyl (C=O) groups excluding carboxylic acids is 1. The van der Waals surface area contributed by atoms with Crippen LogP contribution in [0.2, 0.25) is 0 Å². The molecule has 1 amide bonds. The van der Waals surface area contributed by atoms with E-state index < -0.39 is 0 Å². The van der Waals surface area contributed by atoms with Crippen molar-refractivity contribution in [1.29, 1.82) is 0 Å². The first-order valence-electron chi connectivity index (χ1n) is 8.12. The zero-order valence-electron chi connectivity index (χ0n) is 14.8. The highest BCUT2D eigenvalue weighted by Crippen LogP contribution is 2.11. The summed E-state index contributed by atoms with van der Waals surface area (Å²) in [6.45, 7) is 3.60. The summed E-state index contributed by atoms with van der Waals surface area (Å²) in [5.74, 6) is 0.998. The van der Waals surface area contributed by atoms with E-state index in [1.807, 2.05) is 31.2 Å². The number of carbonyl (C=O) groups is 1. The molecule has 0 unspecified atom stereocenters. The maximum atomic E-state index is 12.3. The normalized spacial score (nSPS) is 10.4. The van der Waals surface area contributed by atoms with Gasteiger partial charge in [-0.3, -0.25) is 4.79 Å². The van der Waals surface area contributed by atoms with E-state index in [1.165, 1.54) is 0 Å². The van der Waals surface area contributed by atoms with E-state index in [0.717, 1.165) is 23.4 Å². The van der Waals surface area contributed by atoms with Gasteiger partial charge in [-0.2, -0.15) is 0 Å². The summed E-state index contributed by atoms with van der Waals surface area (Å²) in [7, 11) is 3.28. The molecule has 2 rings (SSSR count). The van der Waals surface area contributed by atoms with Gasteiger partial charge in [0.05, 0.1) is 7.11 Å². The molecule has 1 aromatic heterocycles. The molecule has 1 aromatic carbocycles. The molecule has 25 heavy (non-hydrogen) atoms. The minimum Gasteiger partial charge on any atom is -0.497 e. The number of hydrogen-bond donors (Lipinski definition) is 2. The quantitative estimate of drug-likeness (QED) is 0.678. The molecule has 0 radical (unpaired) electrons. The molecule has 0 atom stereocenters.